The highest BCUT2D eigenvalue weighted by molar-refractivity contribution is 7.16. The molecule has 2 aromatic heterocycles. The molecule has 0 N–H and O–H groups in total. The van der Waals surface area contributed by atoms with Gasteiger partial charge in [-0.15, -0.1) is 0 Å². The van der Waals surface area contributed by atoms with Crippen LogP contribution in [0.2, 0.25) is 5.15 Å². The molecular formula is C14H15ClN4S. The monoisotopic (exact) mass is 306 g/mol. The maximum atomic E-state index is 8.99. The third kappa shape index (κ3) is 2.92. The quantitative estimate of drug-likeness (QED) is 0.859. The Morgan fingerprint density at radius 2 is 2.20 bits per heavy atom. The molecule has 0 spiro atoms. The van der Waals surface area contributed by atoms with Crippen LogP contribution < -0.4 is 4.90 Å². The smallest absolute Gasteiger partial charge is 0.188 e. The van der Waals surface area contributed by atoms with Crippen LogP contribution in [-0.2, 0) is 0 Å². The van der Waals surface area contributed by atoms with Gasteiger partial charge in [0.25, 0.3) is 0 Å². The van der Waals surface area contributed by atoms with Crippen molar-refractivity contribution in [2.45, 2.75) is 19.9 Å². The molecule has 2 heterocycles. The first kappa shape index (κ1) is 14.8. The number of nitriles is 1. The Morgan fingerprint density at radius 3 is 2.70 bits per heavy atom. The molecule has 0 aliphatic heterocycles. The SMILES string of the molecule is CC(C)C(c1cccnc1)N(C)c1nc(Cl)c(C#N)s1. The van der Waals surface area contributed by atoms with Crippen LogP contribution in [0.25, 0.3) is 0 Å². The summed E-state index contributed by atoms with van der Waals surface area (Å²) in [7, 11) is 1.97. The van der Waals surface area contributed by atoms with Crippen LogP contribution >= 0.6 is 22.9 Å². The Hall–Kier alpha value is -1.64. The number of thiazole rings is 1. The first-order valence-electron chi connectivity index (χ1n) is 6.23. The molecule has 0 fully saturated rings. The number of hydrogen-bond donors (Lipinski definition) is 0. The zero-order valence-electron chi connectivity index (χ0n) is 11.5. The minimum atomic E-state index is 0.137. The first-order chi connectivity index (χ1) is 9.54. The Bertz CT molecular complexity index is 618. The van der Waals surface area contributed by atoms with Crippen LogP contribution in [0.3, 0.4) is 0 Å². The number of hydrogen-bond acceptors (Lipinski definition) is 5. The van der Waals surface area contributed by atoms with Gasteiger partial charge < -0.3 is 4.90 Å². The molecule has 0 aromatic carbocycles. The number of aromatic nitrogens is 2. The highest BCUT2D eigenvalue weighted by Crippen LogP contribution is 2.35. The highest BCUT2D eigenvalue weighted by atomic mass is 35.5. The maximum absolute atomic E-state index is 8.99. The Balaban J connectivity index is 2.37. The Morgan fingerprint density at radius 1 is 1.45 bits per heavy atom. The van der Waals surface area contributed by atoms with Gasteiger partial charge in [-0.1, -0.05) is 42.9 Å². The van der Waals surface area contributed by atoms with E-state index in [0.29, 0.717) is 10.8 Å². The lowest BCUT2D eigenvalue weighted by molar-refractivity contribution is 0.489. The Kier molecular flexibility index (Phi) is 4.58. The predicted octanol–water partition coefficient (Wildman–Crippen LogP) is 3.90. The van der Waals surface area contributed by atoms with Gasteiger partial charge in [0.15, 0.2) is 10.3 Å². The van der Waals surface area contributed by atoms with Crippen LogP contribution in [0.4, 0.5) is 5.13 Å². The fourth-order valence-electron chi connectivity index (χ4n) is 2.24. The average Bonchev–Trinajstić information content (AvgIpc) is 2.81. The summed E-state index contributed by atoms with van der Waals surface area (Å²) in [5, 5.41) is 10.0. The topological polar surface area (TPSA) is 52.8 Å². The fraction of sp³-hybridized carbons (Fsp3) is 0.357. The van der Waals surface area contributed by atoms with Gasteiger partial charge in [0.2, 0.25) is 0 Å². The molecule has 1 unspecified atom stereocenters. The van der Waals surface area contributed by atoms with Crippen molar-refractivity contribution in [2.75, 3.05) is 11.9 Å². The van der Waals surface area contributed by atoms with E-state index in [9.17, 15) is 0 Å². The molecule has 104 valence electrons. The number of rotatable bonds is 4. The van der Waals surface area contributed by atoms with Crippen molar-refractivity contribution in [3.8, 4) is 6.07 Å². The van der Waals surface area contributed by atoms with Crippen molar-refractivity contribution in [1.82, 2.24) is 9.97 Å². The summed E-state index contributed by atoms with van der Waals surface area (Å²) in [4.78, 5) is 11.0. The molecule has 1 atom stereocenters. The summed E-state index contributed by atoms with van der Waals surface area (Å²) < 4.78 is 0. The minimum Gasteiger partial charge on any atom is -0.344 e. The maximum Gasteiger partial charge on any atom is 0.188 e. The molecule has 2 rings (SSSR count). The minimum absolute atomic E-state index is 0.137. The molecule has 0 bridgehead atoms. The van der Waals surface area contributed by atoms with E-state index >= 15 is 0 Å². The molecule has 0 amide bonds. The molecule has 0 saturated heterocycles. The van der Waals surface area contributed by atoms with Gasteiger partial charge in [0.05, 0.1) is 6.04 Å². The van der Waals surface area contributed by atoms with Crippen LogP contribution in [0.5, 0.6) is 0 Å². The summed E-state index contributed by atoms with van der Waals surface area (Å²) in [5.41, 5.74) is 1.12. The van der Waals surface area contributed by atoms with Crippen molar-refractivity contribution >= 4 is 28.1 Å². The van der Waals surface area contributed by atoms with Crippen LogP contribution in [0.1, 0.15) is 30.3 Å². The first-order valence-corrected chi connectivity index (χ1v) is 7.43. The van der Waals surface area contributed by atoms with Crippen molar-refractivity contribution in [1.29, 1.82) is 5.26 Å². The normalized spacial score (nSPS) is 12.2. The fourth-order valence-corrected chi connectivity index (χ4v) is 3.28. The standard InChI is InChI=1S/C14H15ClN4S/c1-9(2)12(10-5-4-6-17-8-10)19(3)14-18-13(15)11(7-16)20-14/h4-6,8-9,12H,1-3H3. The molecule has 20 heavy (non-hydrogen) atoms. The molecule has 4 nitrogen and oxygen atoms in total. The molecule has 0 aliphatic rings. The van der Waals surface area contributed by atoms with E-state index in [1.165, 1.54) is 11.3 Å². The number of pyridine rings is 1. The molecular weight excluding hydrogens is 292 g/mol. The van der Waals surface area contributed by atoms with Gasteiger partial charge in [-0.25, -0.2) is 4.98 Å². The van der Waals surface area contributed by atoms with E-state index in [0.717, 1.165) is 10.7 Å². The molecule has 2 aromatic rings. The predicted molar refractivity (Wildman–Crippen MR) is 82.1 cm³/mol. The molecule has 0 radical (unpaired) electrons. The molecule has 0 aliphatic carbocycles. The van der Waals surface area contributed by atoms with Crippen LogP contribution in [0.15, 0.2) is 24.5 Å². The second-order valence-electron chi connectivity index (χ2n) is 4.81. The number of nitrogens with zero attached hydrogens (tertiary/aromatic N) is 4. The van der Waals surface area contributed by atoms with E-state index in [1.807, 2.05) is 19.3 Å². The van der Waals surface area contributed by atoms with Gasteiger partial charge >= 0.3 is 0 Å². The van der Waals surface area contributed by atoms with Gasteiger partial charge in [-0.05, 0) is 17.5 Å². The average molecular weight is 307 g/mol. The van der Waals surface area contributed by atoms with Gasteiger partial charge in [0, 0.05) is 19.4 Å². The van der Waals surface area contributed by atoms with E-state index in [-0.39, 0.29) is 11.2 Å². The van der Waals surface area contributed by atoms with Gasteiger partial charge in [-0.3, -0.25) is 4.98 Å². The number of halogens is 1. The van der Waals surface area contributed by atoms with Crippen molar-refractivity contribution in [3.05, 3.63) is 40.1 Å². The van der Waals surface area contributed by atoms with Crippen LogP contribution in [0, 0.1) is 17.2 Å². The van der Waals surface area contributed by atoms with Crippen LogP contribution in [-0.4, -0.2) is 17.0 Å². The summed E-state index contributed by atoms with van der Waals surface area (Å²) in [6.45, 7) is 4.29. The second-order valence-corrected chi connectivity index (χ2v) is 6.15. The lowest BCUT2D eigenvalue weighted by Gasteiger charge is -2.31. The summed E-state index contributed by atoms with van der Waals surface area (Å²) >= 11 is 7.27. The largest absolute Gasteiger partial charge is 0.344 e. The Labute approximate surface area is 127 Å². The van der Waals surface area contributed by atoms with Crippen molar-refractivity contribution < 1.29 is 0 Å². The van der Waals surface area contributed by atoms with E-state index < -0.39 is 0 Å². The van der Waals surface area contributed by atoms with Crippen molar-refractivity contribution in [2.24, 2.45) is 5.92 Å². The van der Waals surface area contributed by atoms with E-state index in [2.05, 4.69) is 40.9 Å². The summed E-state index contributed by atoms with van der Waals surface area (Å²) in [5.74, 6) is 0.373. The summed E-state index contributed by atoms with van der Waals surface area (Å²) in [6, 6.07) is 6.17. The molecule has 6 heteroatoms. The second kappa shape index (κ2) is 6.21. The highest BCUT2D eigenvalue weighted by Gasteiger charge is 2.24. The zero-order chi connectivity index (χ0) is 14.7. The number of anilines is 1. The van der Waals surface area contributed by atoms with Crippen molar-refractivity contribution in [3.63, 3.8) is 0 Å². The zero-order valence-corrected chi connectivity index (χ0v) is 13.1. The van der Waals surface area contributed by atoms with E-state index in [1.54, 1.807) is 6.20 Å². The van der Waals surface area contributed by atoms with Gasteiger partial charge in [-0.2, -0.15) is 5.26 Å². The third-order valence-electron chi connectivity index (χ3n) is 3.05. The van der Waals surface area contributed by atoms with E-state index in [4.69, 9.17) is 16.9 Å². The molecule has 0 saturated carbocycles. The lowest BCUT2D eigenvalue weighted by Crippen LogP contribution is -2.28. The lowest BCUT2D eigenvalue weighted by atomic mass is 9.96. The third-order valence-corrected chi connectivity index (χ3v) is 4.49. The van der Waals surface area contributed by atoms with Gasteiger partial charge in [0.1, 0.15) is 10.9 Å². The summed E-state index contributed by atoms with van der Waals surface area (Å²) in [6.07, 6.45) is 3.62.